The van der Waals surface area contributed by atoms with E-state index in [1.807, 2.05) is 35.2 Å². The summed E-state index contributed by atoms with van der Waals surface area (Å²) in [7, 11) is 0. The Morgan fingerprint density at radius 1 is 1.44 bits per heavy atom. The zero-order valence-electron chi connectivity index (χ0n) is 8.93. The highest BCUT2D eigenvalue weighted by molar-refractivity contribution is 9.09. The highest BCUT2D eigenvalue weighted by atomic mass is 79.9. The summed E-state index contributed by atoms with van der Waals surface area (Å²) in [5.74, 6) is 0.0911. The normalized spacial score (nSPS) is 20.8. The van der Waals surface area contributed by atoms with Gasteiger partial charge in [0.2, 0.25) is 0 Å². The van der Waals surface area contributed by atoms with E-state index in [1.165, 1.54) is 0 Å². The van der Waals surface area contributed by atoms with Crippen LogP contribution in [0.2, 0.25) is 0 Å². The molecule has 1 aromatic carbocycles. The monoisotopic (exact) mass is 283 g/mol. The SMILES string of the molecule is O=C(c1ccccc1)N1CCOCC1CBr. The molecule has 1 aromatic rings. The average Bonchev–Trinajstić information content (AvgIpc) is 2.39. The fraction of sp³-hybridized carbons (Fsp3) is 0.417. The molecule has 4 heteroatoms. The second-order valence-corrected chi connectivity index (χ2v) is 4.40. The Hall–Kier alpha value is -0.870. The summed E-state index contributed by atoms with van der Waals surface area (Å²) in [6.07, 6.45) is 0. The molecular formula is C12H14BrNO2. The molecule has 0 bridgehead atoms. The van der Waals surface area contributed by atoms with Gasteiger partial charge in [-0.2, -0.15) is 0 Å². The third-order valence-corrected chi connectivity index (χ3v) is 3.43. The Labute approximate surface area is 104 Å². The summed E-state index contributed by atoms with van der Waals surface area (Å²) in [5.41, 5.74) is 0.746. The summed E-state index contributed by atoms with van der Waals surface area (Å²) in [4.78, 5) is 14.1. The molecule has 1 aliphatic rings. The minimum Gasteiger partial charge on any atom is -0.377 e. The molecule has 86 valence electrons. The van der Waals surface area contributed by atoms with Gasteiger partial charge in [-0.05, 0) is 12.1 Å². The van der Waals surface area contributed by atoms with Crippen molar-refractivity contribution in [3.63, 3.8) is 0 Å². The van der Waals surface area contributed by atoms with Crippen LogP contribution in [0.3, 0.4) is 0 Å². The topological polar surface area (TPSA) is 29.5 Å². The molecule has 1 heterocycles. The highest BCUT2D eigenvalue weighted by Gasteiger charge is 2.26. The van der Waals surface area contributed by atoms with Crippen molar-refractivity contribution in [1.29, 1.82) is 0 Å². The van der Waals surface area contributed by atoms with E-state index in [-0.39, 0.29) is 11.9 Å². The smallest absolute Gasteiger partial charge is 0.254 e. The first-order valence-electron chi connectivity index (χ1n) is 5.32. The van der Waals surface area contributed by atoms with E-state index in [1.54, 1.807) is 0 Å². The molecule has 16 heavy (non-hydrogen) atoms. The van der Waals surface area contributed by atoms with Gasteiger partial charge in [0.15, 0.2) is 0 Å². The third kappa shape index (κ3) is 2.44. The minimum atomic E-state index is 0.0911. The van der Waals surface area contributed by atoms with Gasteiger partial charge < -0.3 is 9.64 Å². The second-order valence-electron chi connectivity index (χ2n) is 3.75. The van der Waals surface area contributed by atoms with Gasteiger partial charge in [-0.3, -0.25) is 4.79 Å². The van der Waals surface area contributed by atoms with Crippen LogP contribution < -0.4 is 0 Å². The van der Waals surface area contributed by atoms with Crippen LogP contribution in [0.4, 0.5) is 0 Å². The van der Waals surface area contributed by atoms with Crippen molar-refractivity contribution < 1.29 is 9.53 Å². The summed E-state index contributed by atoms with van der Waals surface area (Å²) in [6, 6.07) is 9.53. The number of benzene rings is 1. The van der Waals surface area contributed by atoms with Gasteiger partial charge in [0.25, 0.3) is 5.91 Å². The van der Waals surface area contributed by atoms with Crippen LogP contribution in [0, 0.1) is 0 Å². The largest absolute Gasteiger partial charge is 0.377 e. The Kier molecular flexibility index (Phi) is 3.96. The molecule has 1 amide bonds. The number of hydrogen-bond acceptors (Lipinski definition) is 2. The number of nitrogens with zero attached hydrogens (tertiary/aromatic N) is 1. The summed E-state index contributed by atoms with van der Waals surface area (Å²) in [5, 5.41) is 0.756. The van der Waals surface area contributed by atoms with Crippen LogP contribution >= 0.6 is 15.9 Å². The predicted molar refractivity (Wildman–Crippen MR) is 65.9 cm³/mol. The third-order valence-electron chi connectivity index (χ3n) is 2.69. The molecule has 2 rings (SSSR count). The Morgan fingerprint density at radius 3 is 2.88 bits per heavy atom. The fourth-order valence-electron chi connectivity index (χ4n) is 1.80. The van der Waals surface area contributed by atoms with Gasteiger partial charge in [0.05, 0.1) is 19.3 Å². The van der Waals surface area contributed by atoms with Gasteiger partial charge in [0.1, 0.15) is 0 Å². The van der Waals surface area contributed by atoms with E-state index in [4.69, 9.17) is 4.74 Å². The molecule has 0 saturated carbocycles. The lowest BCUT2D eigenvalue weighted by Gasteiger charge is -2.34. The molecule has 1 saturated heterocycles. The molecule has 1 fully saturated rings. The van der Waals surface area contributed by atoms with Crippen molar-refractivity contribution in [2.45, 2.75) is 6.04 Å². The van der Waals surface area contributed by atoms with Gasteiger partial charge in [0, 0.05) is 17.4 Å². The predicted octanol–water partition coefficient (Wildman–Crippen LogP) is 1.92. The molecule has 1 aliphatic heterocycles. The number of amides is 1. The minimum absolute atomic E-state index is 0.0911. The summed E-state index contributed by atoms with van der Waals surface area (Å²) >= 11 is 3.42. The average molecular weight is 284 g/mol. The lowest BCUT2D eigenvalue weighted by atomic mass is 10.1. The molecule has 0 N–H and O–H groups in total. The number of hydrogen-bond donors (Lipinski definition) is 0. The summed E-state index contributed by atoms with van der Waals surface area (Å²) in [6.45, 7) is 1.91. The quantitative estimate of drug-likeness (QED) is 0.777. The summed E-state index contributed by atoms with van der Waals surface area (Å²) < 4.78 is 5.37. The van der Waals surface area contributed by atoms with E-state index in [9.17, 15) is 4.79 Å². The van der Waals surface area contributed by atoms with Crippen molar-refractivity contribution in [3.05, 3.63) is 35.9 Å². The van der Waals surface area contributed by atoms with E-state index in [0.29, 0.717) is 19.8 Å². The Bertz CT molecular complexity index is 355. The van der Waals surface area contributed by atoms with Crippen molar-refractivity contribution in [2.75, 3.05) is 25.1 Å². The molecule has 0 radical (unpaired) electrons. The van der Waals surface area contributed by atoms with Crippen LogP contribution in [0.5, 0.6) is 0 Å². The molecule has 3 nitrogen and oxygen atoms in total. The van der Waals surface area contributed by atoms with Gasteiger partial charge >= 0.3 is 0 Å². The van der Waals surface area contributed by atoms with Crippen LogP contribution in [0.25, 0.3) is 0 Å². The molecule has 1 unspecified atom stereocenters. The maximum Gasteiger partial charge on any atom is 0.254 e. The van der Waals surface area contributed by atoms with E-state index < -0.39 is 0 Å². The number of carbonyl (C=O) groups excluding carboxylic acids is 1. The Balaban J connectivity index is 2.14. The zero-order chi connectivity index (χ0) is 11.4. The van der Waals surface area contributed by atoms with Gasteiger partial charge in [-0.1, -0.05) is 34.1 Å². The number of rotatable bonds is 2. The van der Waals surface area contributed by atoms with Crippen LogP contribution in [-0.4, -0.2) is 41.9 Å². The van der Waals surface area contributed by atoms with Gasteiger partial charge in [-0.15, -0.1) is 0 Å². The van der Waals surface area contributed by atoms with Crippen molar-refractivity contribution in [1.82, 2.24) is 4.90 Å². The van der Waals surface area contributed by atoms with E-state index in [2.05, 4.69) is 15.9 Å². The number of halogens is 1. The molecular weight excluding hydrogens is 270 g/mol. The van der Waals surface area contributed by atoms with Crippen molar-refractivity contribution >= 4 is 21.8 Å². The van der Waals surface area contributed by atoms with Gasteiger partial charge in [-0.25, -0.2) is 0 Å². The number of morpholine rings is 1. The standard InChI is InChI=1S/C12H14BrNO2/c13-8-11-9-16-7-6-14(11)12(15)10-4-2-1-3-5-10/h1-5,11H,6-9H2. The van der Waals surface area contributed by atoms with E-state index >= 15 is 0 Å². The van der Waals surface area contributed by atoms with Crippen LogP contribution in [-0.2, 0) is 4.74 Å². The first-order valence-corrected chi connectivity index (χ1v) is 6.45. The highest BCUT2D eigenvalue weighted by Crippen LogP contribution is 2.13. The first-order chi connectivity index (χ1) is 7.83. The number of ether oxygens (including phenoxy) is 1. The molecule has 0 aliphatic carbocycles. The lowest BCUT2D eigenvalue weighted by Crippen LogP contribution is -2.49. The maximum atomic E-state index is 12.2. The second kappa shape index (κ2) is 5.46. The van der Waals surface area contributed by atoms with Crippen LogP contribution in [0.15, 0.2) is 30.3 Å². The fourth-order valence-corrected chi connectivity index (χ4v) is 2.33. The zero-order valence-corrected chi connectivity index (χ0v) is 10.5. The van der Waals surface area contributed by atoms with Crippen molar-refractivity contribution in [2.24, 2.45) is 0 Å². The maximum absolute atomic E-state index is 12.2. The molecule has 0 spiro atoms. The Morgan fingerprint density at radius 2 is 2.19 bits per heavy atom. The molecule has 1 atom stereocenters. The number of carbonyl (C=O) groups is 1. The van der Waals surface area contributed by atoms with Crippen LogP contribution in [0.1, 0.15) is 10.4 Å². The lowest BCUT2D eigenvalue weighted by molar-refractivity contribution is 0.00525. The number of alkyl halides is 1. The van der Waals surface area contributed by atoms with E-state index in [0.717, 1.165) is 10.9 Å². The first kappa shape index (κ1) is 11.6. The molecule has 0 aromatic heterocycles. The van der Waals surface area contributed by atoms with Crippen molar-refractivity contribution in [3.8, 4) is 0 Å².